The van der Waals surface area contributed by atoms with Crippen molar-refractivity contribution in [2.45, 2.75) is 32.9 Å². The van der Waals surface area contributed by atoms with E-state index in [0.717, 1.165) is 35.8 Å². The minimum Gasteiger partial charge on any atom is -0.467 e. The average Bonchev–Trinajstić information content (AvgIpc) is 2.71. The van der Waals surface area contributed by atoms with Gasteiger partial charge in [0.1, 0.15) is 11.6 Å². The van der Waals surface area contributed by atoms with Crippen molar-refractivity contribution in [2.24, 2.45) is 4.99 Å². The highest BCUT2D eigenvalue weighted by molar-refractivity contribution is 14.0. The number of nitrogens with zero attached hydrogens (tertiary/aromatic N) is 2. The van der Waals surface area contributed by atoms with Gasteiger partial charge in [-0.3, -0.25) is 4.99 Å². The number of aliphatic imine (C=N–C) groups is 1. The molecule has 1 heterocycles. The average molecular weight is 513 g/mol. The number of rotatable bonds is 6. The summed E-state index contributed by atoms with van der Waals surface area (Å²) in [5.41, 5.74) is 4.17. The highest BCUT2D eigenvalue weighted by atomic mass is 127. The first-order chi connectivity index (χ1) is 13.6. The topological polar surface area (TPSA) is 46.1 Å². The number of nitrogens with one attached hydrogen (secondary N) is 1. The second-order valence-electron chi connectivity index (χ2n) is 6.91. The molecule has 0 aliphatic carbocycles. The molecule has 2 aromatic carbocycles. The molecule has 0 unspecified atom stereocenters. The summed E-state index contributed by atoms with van der Waals surface area (Å²) in [4.78, 5) is 6.44. The normalized spacial score (nSPS) is 13.2. The lowest BCUT2D eigenvalue weighted by Crippen LogP contribution is -2.39. The summed E-state index contributed by atoms with van der Waals surface area (Å²) in [5.74, 6) is 1.28. The van der Waals surface area contributed by atoms with Crippen LogP contribution in [0.2, 0.25) is 0 Å². The quantitative estimate of drug-likeness (QED) is 0.359. The molecule has 0 spiro atoms. The van der Waals surface area contributed by atoms with Gasteiger partial charge < -0.3 is 19.7 Å². The van der Waals surface area contributed by atoms with Gasteiger partial charge in [0, 0.05) is 32.7 Å². The SMILES string of the molecule is CCc1ccc(CN(C)C(=NC)NCCc2cc(F)cc3c2OCOC3)cc1.I. The van der Waals surface area contributed by atoms with Crippen molar-refractivity contribution in [2.75, 3.05) is 27.4 Å². The van der Waals surface area contributed by atoms with Gasteiger partial charge in [0.05, 0.1) is 6.61 Å². The maximum atomic E-state index is 13.9. The fourth-order valence-electron chi connectivity index (χ4n) is 3.37. The maximum absolute atomic E-state index is 13.9. The molecule has 0 saturated carbocycles. The van der Waals surface area contributed by atoms with Crippen molar-refractivity contribution >= 4 is 29.9 Å². The zero-order valence-corrected chi connectivity index (χ0v) is 19.5. The Morgan fingerprint density at radius 3 is 2.62 bits per heavy atom. The Morgan fingerprint density at radius 2 is 1.93 bits per heavy atom. The van der Waals surface area contributed by atoms with Crippen LogP contribution in [-0.2, 0) is 30.7 Å². The molecule has 2 aromatic rings. The van der Waals surface area contributed by atoms with Gasteiger partial charge in [-0.15, -0.1) is 24.0 Å². The highest BCUT2D eigenvalue weighted by Gasteiger charge is 2.17. The maximum Gasteiger partial charge on any atom is 0.193 e. The smallest absolute Gasteiger partial charge is 0.193 e. The first kappa shape index (κ1) is 23.4. The number of benzene rings is 2. The van der Waals surface area contributed by atoms with Crippen LogP contribution < -0.4 is 10.1 Å². The molecule has 0 radical (unpaired) electrons. The van der Waals surface area contributed by atoms with Gasteiger partial charge in [0.2, 0.25) is 0 Å². The summed E-state index contributed by atoms with van der Waals surface area (Å²) in [6.45, 7) is 4.14. The summed E-state index contributed by atoms with van der Waals surface area (Å²) in [6.07, 6.45) is 1.68. The van der Waals surface area contributed by atoms with E-state index in [9.17, 15) is 4.39 Å². The molecular weight excluding hydrogens is 484 g/mol. The molecule has 0 atom stereocenters. The van der Waals surface area contributed by atoms with Gasteiger partial charge in [-0.2, -0.15) is 0 Å². The number of hydrogen-bond donors (Lipinski definition) is 1. The molecule has 29 heavy (non-hydrogen) atoms. The third kappa shape index (κ3) is 6.30. The number of halogens is 2. The number of ether oxygens (including phenoxy) is 2. The lowest BCUT2D eigenvalue weighted by molar-refractivity contribution is -0.0172. The minimum absolute atomic E-state index is 0. The van der Waals surface area contributed by atoms with Crippen molar-refractivity contribution in [3.63, 3.8) is 0 Å². The predicted molar refractivity (Wildman–Crippen MR) is 124 cm³/mol. The highest BCUT2D eigenvalue weighted by Crippen LogP contribution is 2.29. The van der Waals surface area contributed by atoms with Crippen LogP contribution in [0.15, 0.2) is 41.4 Å². The van der Waals surface area contributed by atoms with Crippen LogP contribution >= 0.6 is 24.0 Å². The van der Waals surface area contributed by atoms with Crippen LogP contribution in [0.25, 0.3) is 0 Å². The first-order valence-corrected chi connectivity index (χ1v) is 9.62. The number of hydrogen-bond acceptors (Lipinski definition) is 3. The van der Waals surface area contributed by atoms with Crippen LogP contribution in [0.5, 0.6) is 5.75 Å². The molecule has 0 fully saturated rings. The summed E-state index contributed by atoms with van der Waals surface area (Å²) in [7, 11) is 3.77. The van der Waals surface area contributed by atoms with Gasteiger partial charge in [0.25, 0.3) is 0 Å². The molecule has 1 aliphatic heterocycles. The molecule has 0 aromatic heterocycles. The molecule has 0 saturated heterocycles. The second-order valence-corrected chi connectivity index (χ2v) is 6.91. The molecule has 3 rings (SSSR count). The molecule has 0 bridgehead atoms. The molecule has 0 amide bonds. The van der Waals surface area contributed by atoms with Gasteiger partial charge >= 0.3 is 0 Å². The van der Waals surface area contributed by atoms with E-state index in [1.165, 1.54) is 23.3 Å². The first-order valence-electron chi connectivity index (χ1n) is 9.62. The minimum atomic E-state index is -0.264. The Balaban J connectivity index is 0.00000300. The van der Waals surface area contributed by atoms with Crippen molar-refractivity contribution in [3.8, 4) is 5.75 Å². The van der Waals surface area contributed by atoms with Gasteiger partial charge in [-0.1, -0.05) is 31.2 Å². The second kappa shape index (κ2) is 11.3. The molecule has 1 aliphatic rings. The summed E-state index contributed by atoms with van der Waals surface area (Å²) in [6, 6.07) is 11.6. The number of aryl methyl sites for hydroxylation is 1. The van der Waals surface area contributed by atoms with Crippen LogP contribution in [0.1, 0.15) is 29.2 Å². The Bertz CT molecular complexity index is 828. The van der Waals surface area contributed by atoms with Gasteiger partial charge in [0.15, 0.2) is 12.8 Å². The fourth-order valence-corrected chi connectivity index (χ4v) is 3.37. The van der Waals surface area contributed by atoms with E-state index in [0.29, 0.717) is 19.6 Å². The van der Waals surface area contributed by atoms with Gasteiger partial charge in [-0.25, -0.2) is 4.39 Å². The predicted octanol–water partition coefficient (Wildman–Crippen LogP) is 4.12. The Morgan fingerprint density at radius 1 is 1.21 bits per heavy atom. The molecule has 5 nitrogen and oxygen atoms in total. The largest absolute Gasteiger partial charge is 0.467 e. The monoisotopic (exact) mass is 513 g/mol. The summed E-state index contributed by atoms with van der Waals surface area (Å²) in [5, 5.41) is 3.35. The van der Waals surface area contributed by atoms with E-state index in [1.54, 1.807) is 7.05 Å². The van der Waals surface area contributed by atoms with E-state index < -0.39 is 0 Å². The molecule has 158 valence electrons. The molecule has 1 N–H and O–H groups in total. The van der Waals surface area contributed by atoms with Crippen molar-refractivity contribution < 1.29 is 13.9 Å². The fraction of sp³-hybridized carbons (Fsp3) is 0.409. The van der Waals surface area contributed by atoms with E-state index in [1.807, 2.05) is 7.05 Å². The van der Waals surface area contributed by atoms with Crippen LogP contribution in [0.3, 0.4) is 0 Å². The lowest BCUT2D eigenvalue weighted by Gasteiger charge is -2.23. The summed E-state index contributed by atoms with van der Waals surface area (Å²) < 4.78 is 24.7. The van der Waals surface area contributed by atoms with E-state index in [4.69, 9.17) is 9.47 Å². The van der Waals surface area contributed by atoms with E-state index in [2.05, 4.69) is 46.4 Å². The van der Waals surface area contributed by atoms with E-state index >= 15 is 0 Å². The van der Waals surface area contributed by atoms with Crippen molar-refractivity contribution in [1.82, 2.24) is 10.2 Å². The third-order valence-corrected chi connectivity index (χ3v) is 4.85. The van der Waals surface area contributed by atoms with E-state index in [-0.39, 0.29) is 36.6 Å². The zero-order valence-electron chi connectivity index (χ0n) is 17.2. The summed E-state index contributed by atoms with van der Waals surface area (Å²) >= 11 is 0. The Hall–Kier alpha value is -1.87. The van der Waals surface area contributed by atoms with Crippen LogP contribution in [-0.4, -0.2) is 38.3 Å². The standard InChI is InChI=1S/C22H28FN3O2.HI/c1-4-16-5-7-17(8-6-16)13-26(3)22(24-2)25-10-9-18-11-20(23)12-19-14-27-15-28-21(18)19;/h5-8,11-12H,4,9-10,13-15H2,1-3H3,(H,24,25);1H. The number of guanidine groups is 1. The van der Waals surface area contributed by atoms with Crippen molar-refractivity contribution in [3.05, 3.63) is 64.5 Å². The van der Waals surface area contributed by atoms with Gasteiger partial charge in [-0.05, 0) is 41.7 Å². The lowest BCUT2D eigenvalue weighted by atomic mass is 10.1. The van der Waals surface area contributed by atoms with Crippen molar-refractivity contribution in [1.29, 1.82) is 0 Å². The number of fused-ring (bicyclic) bond motifs is 1. The Labute approximate surface area is 189 Å². The van der Waals surface area contributed by atoms with Crippen LogP contribution in [0, 0.1) is 5.82 Å². The zero-order chi connectivity index (χ0) is 19.9. The third-order valence-electron chi connectivity index (χ3n) is 4.85. The molecule has 7 heteroatoms. The van der Waals surface area contributed by atoms with Crippen LogP contribution in [0.4, 0.5) is 4.39 Å². The molecular formula is C22H29FIN3O2. The Kier molecular flexibility index (Phi) is 9.16.